The molecule has 20 heavy (non-hydrogen) atoms. The maximum absolute atomic E-state index is 11.6. The summed E-state index contributed by atoms with van der Waals surface area (Å²) in [5, 5.41) is 12.4. The number of carbonyl (C=O) groups is 1. The molecule has 2 rings (SSSR count). The van der Waals surface area contributed by atoms with Crippen molar-refractivity contribution in [3.63, 3.8) is 0 Å². The Morgan fingerprint density at radius 3 is 2.30 bits per heavy atom. The number of amides is 1. The third-order valence-corrected chi connectivity index (χ3v) is 2.94. The number of hydrogen-bond acceptors (Lipinski definition) is 4. The Bertz CT molecular complexity index is 481. The molecule has 0 aliphatic carbocycles. The van der Waals surface area contributed by atoms with E-state index in [4.69, 9.17) is 4.74 Å². The van der Waals surface area contributed by atoms with Crippen LogP contribution in [0.2, 0.25) is 0 Å². The number of anilines is 2. The predicted molar refractivity (Wildman–Crippen MR) is 79.1 cm³/mol. The first kappa shape index (κ1) is 14.7. The van der Waals surface area contributed by atoms with Crippen molar-refractivity contribution in [3.8, 4) is 0 Å². The zero-order chi connectivity index (χ0) is 15.0. The fourth-order valence-corrected chi connectivity index (χ4v) is 2.14. The van der Waals surface area contributed by atoms with E-state index in [2.05, 4.69) is 10.2 Å². The molecule has 110 valence electrons. The van der Waals surface area contributed by atoms with E-state index in [0.29, 0.717) is 18.8 Å². The van der Waals surface area contributed by atoms with Crippen molar-refractivity contribution in [2.75, 3.05) is 23.3 Å². The van der Waals surface area contributed by atoms with Gasteiger partial charge in [-0.25, -0.2) is 4.79 Å². The highest BCUT2D eigenvalue weighted by Crippen LogP contribution is 2.28. The molecule has 1 saturated heterocycles. The standard InChI is InChI=1S/C15H22N2O3/c1-14(2,3)20-13(18)16-11-5-7-12(8-6-11)17-9-15(4,19)10-17/h5-8,19H,9-10H2,1-4H3,(H,16,18). The molecule has 1 aliphatic rings. The molecule has 1 aromatic rings. The van der Waals surface area contributed by atoms with Crippen LogP contribution in [0.4, 0.5) is 16.2 Å². The number of rotatable bonds is 2. The van der Waals surface area contributed by atoms with E-state index in [9.17, 15) is 9.90 Å². The zero-order valence-corrected chi connectivity index (χ0v) is 12.4. The van der Waals surface area contributed by atoms with Crippen LogP contribution in [0.5, 0.6) is 0 Å². The van der Waals surface area contributed by atoms with Crippen LogP contribution in [0.15, 0.2) is 24.3 Å². The molecule has 5 heteroatoms. The third kappa shape index (κ3) is 3.87. The zero-order valence-electron chi connectivity index (χ0n) is 12.4. The van der Waals surface area contributed by atoms with E-state index >= 15 is 0 Å². The second-order valence-electron chi connectivity index (χ2n) is 6.53. The van der Waals surface area contributed by atoms with Gasteiger partial charge in [0.15, 0.2) is 0 Å². The third-order valence-electron chi connectivity index (χ3n) is 2.94. The van der Waals surface area contributed by atoms with Gasteiger partial charge >= 0.3 is 6.09 Å². The van der Waals surface area contributed by atoms with Crippen molar-refractivity contribution in [3.05, 3.63) is 24.3 Å². The van der Waals surface area contributed by atoms with Crippen LogP contribution in [0.25, 0.3) is 0 Å². The number of ether oxygens (including phenoxy) is 1. The van der Waals surface area contributed by atoms with Crippen molar-refractivity contribution in [2.24, 2.45) is 0 Å². The van der Waals surface area contributed by atoms with Gasteiger partial charge in [0, 0.05) is 24.5 Å². The second kappa shape index (κ2) is 4.98. The maximum Gasteiger partial charge on any atom is 0.412 e. The van der Waals surface area contributed by atoms with E-state index in [1.807, 2.05) is 52.0 Å². The number of carbonyl (C=O) groups excluding carboxylic acids is 1. The minimum absolute atomic E-state index is 0.461. The molecule has 0 spiro atoms. The van der Waals surface area contributed by atoms with E-state index < -0.39 is 17.3 Å². The van der Waals surface area contributed by atoms with Gasteiger partial charge in [0.05, 0.1) is 5.60 Å². The Labute approximate surface area is 119 Å². The number of nitrogens with one attached hydrogen (secondary N) is 1. The molecule has 1 aliphatic heterocycles. The first-order chi connectivity index (χ1) is 9.15. The maximum atomic E-state index is 11.6. The fraction of sp³-hybridized carbons (Fsp3) is 0.533. The summed E-state index contributed by atoms with van der Waals surface area (Å²) >= 11 is 0. The number of aliphatic hydroxyl groups is 1. The smallest absolute Gasteiger partial charge is 0.412 e. The lowest BCUT2D eigenvalue weighted by molar-refractivity contribution is 0.0310. The minimum Gasteiger partial charge on any atom is -0.444 e. The average molecular weight is 278 g/mol. The molecule has 0 bridgehead atoms. The molecule has 0 saturated carbocycles. The van der Waals surface area contributed by atoms with Crippen molar-refractivity contribution in [1.82, 2.24) is 0 Å². The van der Waals surface area contributed by atoms with E-state index in [1.165, 1.54) is 0 Å². The van der Waals surface area contributed by atoms with Gasteiger partial charge in [-0.3, -0.25) is 5.32 Å². The van der Waals surface area contributed by atoms with Crippen LogP contribution in [0, 0.1) is 0 Å². The molecule has 1 amide bonds. The van der Waals surface area contributed by atoms with Crippen LogP contribution in [-0.4, -0.2) is 35.5 Å². The van der Waals surface area contributed by atoms with Gasteiger partial charge in [-0.2, -0.15) is 0 Å². The molecule has 0 aromatic heterocycles. The van der Waals surface area contributed by atoms with Crippen LogP contribution >= 0.6 is 0 Å². The Balaban J connectivity index is 1.91. The van der Waals surface area contributed by atoms with E-state index in [0.717, 1.165) is 5.69 Å². The number of β-amino-alcohol motifs (C(OH)–C–C–N with tert-alkyl or cyclic N) is 1. The molecule has 5 nitrogen and oxygen atoms in total. The summed E-state index contributed by atoms with van der Waals surface area (Å²) in [7, 11) is 0. The Hall–Kier alpha value is -1.75. The van der Waals surface area contributed by atoms with Gasteiger partial charge in [0.25, 0.3) is 0 Å². The van der Waals surface area contributed by atoms with Crippen molar-refractivity contribution < 1.29 is 14.6 Å². The second-order valence-corrected chi connectivity index (χ2v) is 6.53. The van der Waals surface area contributed by atoms with Crippen LogP contribution in [0.1, 0.15) is 27.7 Å². The van der Waals surface area contributed by atoms with Crippen molar-refractivity contribution >= 4 is 17.5 Å². The van der Waals surface area contributed by atoms with E-state index in [1.54, 1.807) is 0 Å². The molecule has 0 radical (unpaired) electrons. The molecular formula is C15H22N2O3. The van der Waals surface area contributed by atoms with Crippen molar-refractivity contribution in [2.45, 2.75) is 38.9 Å². The summed E-state index contributed by atoms with van der Waals surface area (Å²) in [4.78, 5) is 13.7. The van der Waals surface area contributed by atoms with Gasteiger partial charge in [-0.1, -0.05) is 0 Å². The van der Waals surface area contributed by atoms with Crippen molar-refractivity contribution in [1.29, 1.82) is 0 Å². The average Bonchev–Trinajstić information content (AvgIpc) is 2.24. The lowest BCUT2D eigenvalue weighted by Crippen LogP contribution is -2.60. The summed E-state index contributed by atoms with van der Waals surface area (Å²) in [5.41, 5.74) is 0.627. The number of benzene rings is 1. The molecule has 0 atom stereocenters. The lowest BCUT2D eigenvalue weighted by atomic mass is 9.96. The Morgan fingerprint density at radius 2 is 1.85 bits per heavy atom. The highest BCUT2D eigenvalue weighted by atomic mass is 16.6. The molecular weight excluding hydrogens is 256 g/mol. The van der Waals surface area contributed by atoms with Gasteiger partial charge in [-0.05, 0) is 52.0 Å². The fourth-order valence-electron chi connectivity index (χ4n) is 2.14. The Morgan fingerprint density at radius 1 is 1.30 bits per heavy atom. The van der Waals surface area contributed by atoms with E-state index in [-0.39, 0.29) is 0 Å². The van der Waals surface area contributed by atoms with Crippen LogP contribution in [0.3, 0.4) is 0 Å². The first-order valence-electron chi connectivity index (χ1n) is 6.72. The largest absolute Gasteiger partial charge is 0.444 e. The highest BCUT2D eigenvalue weighted by Gasteiger charge is 2.36. The van der Waals surface area contributed by atoms with Gasteiger partial charge in [0.2, 0.25) is 0 Å². The summed E-state index contributed by atoms with van der Waals surface area (Å²) in [5.74, 6) is 0. The summed E-state index contributed by atoms with van der Waals surface area (Å²) < 4.78 is 5.19. The molecule has 2 N–H and O–H groups in total. The molecule has 1 aromatic carbocycles. The summed E-state index contributed by atoms with van der Waals surface area (Å²) in [6, 6.07) is 7.49. The van der Waals surface area contributed by atoms with Crippen LogP contribution < -0.4 is 10.2 Å². The lowest BCUT2D eigenvalue weighted by Gasteiger charge is -2.45. The van der Waals surface area contributed by atoms with Gasteiger partial charge < -0.3 is 14.7 Å². The first-order valence-corrected chi connectivity index (χ1v) is 6.72. The Kier molecular flexibility index (Phi) is 3.65. The molecule has 0 unspecified atom stereocenters. The monoisotopic (exact) mass is 278 g/mol. The summed E-state index contributed by atoms with van der Waals surface area (Å²) in [6.45, 7) is 8.56. The summed E-state index contributed by atoms with van der Waals surface area (Å²) in [6.07, 6.45) is -0.461. The topological polar surface area (TPSA) is 61.8 Å². The predicted octanol–water partition coefficient (Wildman–Crippen LogP) is 2.60. The molecule has 1 fully saturated rings. The van der Waals surface area contributed by atoms with Gasteiger partial charge in [0.1, 0.15) is 5.60 Å². The normalized spacial score (nSPS) is 17.4. The highest BCUT2D eigenvalue weighted by molar-refractivity contribution is 5.85. The number of hydrogen-bond donors (Lipinski definition) is 2. The SMILES string of the molecule is CC1(O)CN(c2ccc(NC(=O)OC(C)(C)C)cc2)C1. The van der Waals surface area contributed by atoms with Crippen LogP contribution in [-0.2, 0) is 4.74 Å². The quantitative estimate of drug-likeness (QED) is 0.873. The van der Waals surface area contributed by atoms with Gasteiger partial charge in [-0.15, -0.1) is 0 Å². The molecule has 1 heterocycles. The minimum atomic E-state index is -0.590. The number of nitrogens with zero attached hydrogens (tertiary/aromatic N) is 1.